The van der Waals surface area contributed by atoms with E-state index in [-0.39, 0.29) is 28.0 Å². The molecule has 2 N–H and O–H groups in total. The van der Waals surface area contributed by atoms with Crippen LogP contribution in [0.1, 0.15) is 56.3 Å². The summed E-state index contributed by atoms with van der Waals surface area (Å²) in [6, 6.07) is 4.86. The lowest BCUT2D eigenvalue weighted by molar-refractivity contribution is -0.115. The van der Waals surface area contributed by atoms with Crippen LogP contribution in [0.25, 0.3) is 0 Å². The highest BCUT2D eigenvalue weighted by molar-refractivity contribution is 8.00. The molecule has 0 aliphatic carbocycles. The smallest absolute Gasteiger partial charge is 0.339 e. The summed E-state index contributed by atoms with van der Waals surface area (Å²) in [6.45, 7) is 6.55. The number of hydrogen-bond donors (Lipinski definition) is 2. The van der Waals surface area contributed by atoms with E-state index in [1.807, 2.05) is 0 Å². The van der Waals surface area contributed by atoms with Crippen LogP contribution >= 0.6 is 11.8 Å². The fourth-order valence-electron chi connectivity index (χ4n) is 3.23. The number of H-pyrrole nitrogens is 1. The van der Waals surface area contributed by atoms with Gasteiger partial charge in [-0.05, 0) is 51.5 Å². The number of methoxy groups -OCH3 is 1. The molecular formula is C21H22N2O6S. The number of ether oxygens (including phenoxy) is 2. The first kappa shape index (κ1) is 21.6. The van der Waals surface area contributed by atoms with E-state index in [9.17, 15) is 19.2 Å². The highest BCUT2D eigenvalue weighted by atomic mass is 32.2. The van der Waals surface area contributed by atoms with E-state index in [0.717, 1.165) is 4.90 Å². The third-order valence-corrected chi connectivity index (χ3v) is 6.05. The van der Waals surface area contributed by atoms with Crippen molar-refractivity contribution in [2.75, 3.05) is 12.4 Å². The van der Waals surface area contributed by atoms with Gasteiger partial charge >= 0.3 is 11.9 Å². The van der Waals surface area contributed by atoms with Gasteiger partial charge in [0.1, 0.15) is 0 Å². The van der Waals surface area contributed by atoms with Gasteiger partial charge in [-0.3, -0.25) is 9.59 Å². The Morgan fingerprint density at radius 1 is 1.17 bits per heavy atom. The third-order valence-electron chi connectivity index (χ3n) is 4.87. The van der Waals surface area contributed by atoms with E-state index in [4.69, 9.17) is 9.47 Å². The van der Waals surface area contributed by atoms with E-state index >= 15 is 0 Å². The number of fused-ring (bicyclic) bond motifs is 1. The summed E-state index contributed by atoms with van der Waals surface area (Å²) in [5.41, 5.74) is 2.18. The number of nitrogens with one attached hydrogen (secondary N) is 2. The van der Waals surface area contributed by atoms with Crippen molar-refractivity contribution in [3.8, 4) is 0 Å². The monoisotopic (exact) mass is 430 g/mol. The number of benzene rings is 1. The van der Waals surface area contributed by atoms with E-state index in [0.29, 0.717) is 16.9 Å². The molecule has 1 aromatic carbocycles. The minimum Gasteiger partial charge on any atom is -0.465 e. The molecule has 1 aliphatic heterocycles. The number of anilines is 1. The first-order valence-electron chi connectivity index (χ1n) is 9.28. The van der Waals surface area contributed by atoms with Gasteiger partial charge in [-0.15, -0.1) is 11.8 Å². The van der Waals surface area contributed by atoms with Gasteiger partial charge in [0.05, 0.1) is 34.9 Å². The zero-order valence-electron chi connectivity index (χ0n) is 17.2. The number of ketones is 1. The molecule has 1 aromatic heterocycles. The highest BCUT2D eigenvalue weighted by Crippen LogP contribution is 2.36. The van der Waals surface area contributed by atoms with Crippen LogP contribution in [0.15, 0.2) is 23.1 Å². The molecule has 0 spiro atoms. The molecule has 0 fully saturated rings. The van der Waals surface area contributed by atoms with Gasteiger partial charge in [-0.1, -0.05) is 0 Å². The Morgan fingerprint density at radius 3 is 2.53 bits per heavy atom. The lowest BCUT2D eigenvalue weighted by Gasteiger charge is -2.21. The normalized spacial score (nSPS) is 16.3. The molecule has 8 nitrogen and oxygen atoms in total. The molecule has 0 bridgehead atoms. The molecule has 1 amide bonds. The summed E-state index contributed by atoms with van der Waals surface area (Å²) in [5.74, 6) is -1.84. The number of hydrogen-bond acceptors (Lipinski definition) is 7. The van der Waals surface area contributed by atoms with Crippen molar-refractivity contribution in [3.05, 3.63) is 46.3 Å². The molecule has 158 valence electrons. The zero-order valence-corrected chi connectivity index (χ0v) is 18.1. The fraction of sp³-hybridized carbons (Fsp3) is 0.333. The van der Waals surface area contributed by atoms with E-state index in [1.54, 1.807) is 32.9 Å². The number of amides is 1. The molecule has 0 saturated heterocycles. The van der Waals surface area contributed by atoms with Crippen LogP contribution in [-0.2, 0) is 14.3 Å². The molecule has 9 heteroatoms. The minimum absolute atomic E-state index is 0.138. The first-order chi connectivity index (χ1) is 14.1. The third kappa shape index (κ3) is 3.97. The molecule has 0 radical (unpaired) electrons. The van der Waals surface area contributed by atoms with Gasteiger partial charge in [-0.2, -0.15) is 0 Å². The largest absolute Gasteiger partial charge is 0.465 e. The predicted molar refractivity (Wildman–Crippen MR) is 111 cm³/mol. The number of rotatable bonds is 5. The topological polar surface area (TPSA) is 115 Å². The molecule has 2 heterocycles. The molecule has 30 heavy (non-hydrogen) atoms. The second kappa shape index (κ2) is 8.35. The highest BCUT2D eigenvalue weighted by Gasteiger charge is 2.28. The Hall–Kier alpha value is -3.07. The number of thioether (sulfide) groups is 1. The van der Waals surface area contributed by atoms with Crippen molar-refractivity contribution >= 4 is 41.1 Å². The summed E-state index contributed by atoms with van der Waals surface area (Å²) in [4.78, 5) is 52.9. The van der Waals surface area contributed by atoms with Crippen LogP contribution in [0, 0.1) is 13.8 Å². The molecule has 0 saturated carbocycles. The lowest BCUT2D eigenvalue weighted by Crippen LogP contribution is -2.27. The maximum absolute atomic E-state index is 12.8. The Labute approximate surface area is 177 Å². The SMILES string of the molecule is COC(=O)c1c(C)[nH]c(C(=O)[C@H](C)OC(=O)c2ccc3c(c2)NC(=O)[C@H](C)S3)c1C. The van der Waals surface area contributed by atoms with Crippen LogP contribution in [0.4, 0.5) is 5.69 Å². The van der Waals surface area contributed by atoms with Gasteiger partial charge in [0.25, 0.3) is 0 Å². The number of aryl methyl sites for hydroxylation is 1. The maximum Gasteiger partial charge on any atom is 0.339 e. The van der Waals surface area contributed by atoms with Crippen molar-refractivity contribution in [2.24, 2.45) is 0 Å². The Kier molecular flexibility index (Phi) is 6.02. The van der Waals surface area contributed by atoms with Gasteiger partial charge in [0.15, 0.2) is 6.10 Å². The number of aromatic amines is 1. The summed E-state index contributed by atoms with van der Waals surface area (Å²) >= 11 is 1.41. The van der Waals surface area contributed by atoms with Crippen LogP contribution < -0.4 is 5.32 Å². The lowest BCUT2D eigenvalue weighted by atomic mass is 10.1. The van der Waals surface area contributed by atoms with Crippen molar-refractivity contribution in [1.82, 2.24) is 4.98 Å². The van der Waals surface area contributed by atoms with Crippen LogP contribution in [0.2, 0.25) is 0 Å². The second-order valence-electron chi connectivity index (χ2n) is 6.99. The molecule has 1 aliphatic rings. The van der Waals surface area contributed by atoms with Gasteiger partial charge < -0.3 is 19.8 Å². The quantitative estimate of drug-likeness (QED) is 0.553. The van der Waals surface area contributed by atoms with Crippen molar-refractivity contribution in [2.45, 2.75) is 43.9 Å². The Morgan fingerprint density at radius 2 is 1.87 bits per heavy atom. The predicted octanol–water partition coefficient (Wildman–Crippen LogP) is 3.28. The summed E-state index contributed by atoms with van der Waals surface area (Å²) in [7, 11) is 1.26. The Balaban J connectivity index is 1.77. The molecule has 0 unspecified atom stereocenters. The Bertz CT molecular complexity index is 1060. The molecular weight excluding hydrogens is 408 g/mol. The molecule has 3 rings (SSSR count). The van der Waals surface area contributed by atoms with Crippen LogP contribution in [0.3, 0.4) is 0 Å². The molecule has 2 atom stereocenters. The average Bonchev–Trinajstić information content (AvgIpc) is 3.01. The maximum atomic E-state index is 12.8. The van der Waals surface area contributed by atoms with Gasteiger partial charge in [0, 0.05) is 10.6 Å². The zero-order chi connectivity index (χ0) is 22.2. The average molecular weight is 430 g/mol. The van der Waals surface area contributed by atoms with Crippen molar-refractivity contribution < 1.29 is 28.7 Å². The van der Waals surface area contributed by atoms with Crippen LogP contribution in [0.5, 0.6) is 0 Å². The fourth-order valence-corrected chi connectivity index (χ4v) is 4.16. The van der Waals surface area contributed by atoms with Crippen LogP contribution in [-0.4, -0.2) is 47.1 Å². The van der Waals surface area contributed by atoms with Crippen molar-refractivity contribution in [3.63, 3.8) is 0 Å². The van der Waals surface area contributed by atoms with E-state index in [1.165, 1.54) is 31.9 Å². The number of aromatic nitrogens is 1. The standard InChI is InChI=1S/C21H22N2O6S/c1-9-16(21(27)28-5)10(2)22-17(9)18(24)11(3)29-20(26)13-6-7-15-14(8-13)23-19(25)12(4)30-15/h6-8,11-12,22H,1-5H3,(H,23,25)/t11-,12-/m0/s1. The van der Waals surface area contributed by atoms with Crippen molar-refractivity contribution in [1.29, 1.82) is 0 Å². The number of Topliss-reactive ketones (excluding diaryl/α,β-unsaturated/α-hetero) is 1. The summed E-state index contributed by atoms with van der Waals surface area (Å²) < 4.78 is 10.1. The van der Waals surface area contributed by atoms with E-state index < -0.39 is 23.8 Å². The van der Waals surface area contributed by atoms with E-state index in [2.05, 4.69) is 10.3 Å². The van der Waals surface area contributed by atoms with Gasteiger partial charge in [0.2, 0.25) is 11.7 Å². The number of esters is 2. The van der Waals surface area contributed by atoms with Gasteiger partial charge in [-0.25, -0.2) is 9.59 Å². The second-order valence-corrected chi connectivity index (χ2v) is 8.37. The summed E-state index contributed by atoms with van der Waals surface area (Å²) in [6.07, 6.45) is -1.08. The number of carbonyl (C=O) groups is 4. The molecule has 2 aromatic rings. The minimum atomic E-state index is -1.08. The summed E-state index contributed by atoms with van der Waals surface area (Å²) in [5, 5.41) is 2.54. The first-order valence-corrected chi connectivity index (χ1v) is 10.2. The number of carbonyl (C=O) groups excluding carboxylic acids is 4.